The van der Waals surface area contributed by atoms with Crippen molar-refractivity contribution < 1.29 is 8.42 Å². The smallest absolute Gasteiger partial charge is 0.177 e. The van der Waals surface area contributed by atoms with Gasteiger partial charge < -0.3 is 11.1 Å². The second-order valence-electron chi connectivity index (χ2n) is 5.32. The number of hydrogen-bond acceptors (Lipinski definition) is 4. The Morgan fingerprint density at radius 3 is 2.58 bits per heavy atom. The molecule has 2 unspecified atom stereocenters. The van der Waals surface area contributed by atoms with E-state index in [2.05, 4.69) is 5.32 Å². The molecule has 2 atom stereocenters. The van der Waals surface area contributed by atoms with Crippen molar-refractivity contribution in [3.05, 3.63) is 24.3 Å². The highest BCUT2D eigenvalue weighted by atomic mass is 32.2. The van der Waals surface area contributed by atoms with Crippen LogP contribution in [0.1, 0.15) is 32.1 Å². The fourth-order valence-electron chi connectivity index (χ4n) is 2.62. The summed E-state index contributed by atoms with van der Waals surface area (Å²) >= 11 is 0. The minimum atomic E-state index is -3.21. The van der Waals surface area contributed by atoms with Crippen LogP contribution in [0.3, 0.4) is 0 Å². The molecule has 0 radical (unpaired) electrons. The average molecular weight is 282 g/mol. The average Bonchev–Trinajstić information content (AvgIpc) is 2.54. The van der Waals surface area contributed by atoms with Gasteiger partial charge in [0.05, 0.1) is 10.6 Å². The lowest BCUT2D eigenvalue weighted by Crippen LogP contribution is -2.39. The second kappa shape index (κ2) is 5.92. The Hall–Kier alpha value is -1.07. The normalized spacial score (nSPS) is 24.7. The number of sulfone groups is 1. The summed E-state index contributed by atoms with van der Waals surface area (Å²) < 4.78 is 23.5. The third kappa shape index (κ3) is 3.70. The van der Waals surface area contributed by atoms with Crippen molar-refractivity contribution in [3.63, 3.8) is 0 Å². The van der Waals surface area contributed by atoms with Crippen LogP contribution in [-0.4, -0.2) is 26.8 Å². The molecule has 1 aromatic rings. The third-order valence-corrected chi connectivity index (χ3v) is 4.85. The largest absolute Gasteiger partial charge is 0.380 e. The molecule has 0 aliphatic heterocycles. The molecule has 5 heteroatoms. The highest BCUT2D eigenvalue weighted by molar-refractivity contribution is 7.90. The van der Waals surface area contributed by atoms with E-state index in [0.717, 1.165) is 25.7 Å². The molecular weight excluding hydrogens is 260 g/mol. The van der Waals surface area contributed by atoms with Crippen LogP contribution in [0.15, 0.2) is 29.2 Å². The van der Waals surface area contributed by atoms with Crippen LogP contribution in [0.25, 0.3) is 0 Å². The number of nitrogens with two attached hydrogens (primary N) is 1. The first-order valence-corrected chi connectivity index (χ1v) is 8.69. The van der Waals surface area contributed by atoms with Gasteiger partial charge in [0.2, 0.25) is 0 Å². The quantitative estimate of drug-likeness (QED) is 0.833. The predicted octanol–water partition coefficient (Wildman–Crippen LogP) is 2.16. The summed E-state index contributed by atoms with van der Waals surface area (Å²) in [5, 5.41) is 3.34. The van der Waals surface area contributed by atoms with Crippen molar-refractivity contribution in [1.29, 1.82) is 0 Å². The summed E-state index contributed by atoms with van der Waals surface area (Å²) in [6.45, 7) is 0. The number of hydrogen-bond donors (Lipinski definition) is 2. The van der Waals surface area contributed by atoms with Crippen LogP contribution in [0.4, 0.5) is 5.69 Å². The van der Waals surface area contributed by atoms with E-state index in [0.29, 0.717) is 10.6 Å². The van der Waals surface area contributed by atoms with E-state index in [4.69, 9.17) is 5.73 Å². The van der Waals surface area contributed by atoms with E-state index in [1.807, 2.05) is 12.1 Å². The lowest BCUT2D eigenvalue weighted by atomic mass is 10.0. The summed E-state index contributed by atoms with van der Waals surface area (Å²) in [7, 11) is -3.21. The Morgan fingerprint density at radius 2 is 1.84 bits per heavy atom. The van der Waals surface area contributed by atoms with Crippen LogP contribution >= 0.6 is 0 Å². The first kappa shape index (κ1) is 14.3. The molecule has 0 heterocycles. The van der Waals surface area contributed by atoms with Crippen molar-refractivity contribution in [1.82, 2.24) is 0 Å². The molecule has 19 heavy (non-hydrogen) atoms. The monoisotopic (exact) mass is 282 g/mol. The highest BCUT2D eigenvalue weighted by Gasteiger charge is 2.22. The van der Waals surface area contributed by atoms with Crippen LogP contribution in [0.5, 0.6) is 0 Å². The number of para-hydroxylation sites is 1. The zero-order valence-electron chi connectivity index (χ0n) is 11.3. The number of anilines is 1. The van der Waals surface area contributed by atoms with E-state index in [-0.39, 0.29) is 12.1 Å². The molecule has 0 amide bonds. The van der Waals surface area contributed by atoms with Gasteiger partial charge in [-0.3, -0.25) is 0 Å². The third-order valence-electron chi connectivity index (χ3n) is 3.70. The van der Waals surface area contributed by atoms with Gasteiger partial charge in [-0.25, -0.2) is 8.42 Å². The Bertz CT molecular complexity index is 528. The minimum Gasteiger partial charge on any atom is -0.380 e. The van der Waals surface area contributed by atoms with Crippen LogP contribution < -0.4 is 11.1 Å². The van der Waals surface area contributed by atoms with Gasteiger partial charge in [0.15, 0.2) is 9.84 Å². The van der Waals surface area contributed by atoms with Crippen molar-refractivity contribution >= 4 is 15.5 Å². The zero-order chi connectivity index (χ0) is 13.9. The molecule has 1 saturated carbocycles. The topological polar surface area (TPSA) is 72.2 Å². The standard InChI is InChI=1S/C14H22N2O2S/c1-19(17,18)14-10-6-5-9-13(14)16-12-8-4-2-3-7-11(12)15/h5-6,9-12,16H,2-4,7-8,15H2,1H3. The molecule has 106 valence electrons. The van der Waals surface area contributed by atoms with Gasteiger partial charge in [-0.15, -0.1) is 0 Å². The second-order valence-corrected chi connectivity index (χ2v) is 7.31. The lowest BCUT2D eigenvalue weighted by Gasteiger charge is -2.25. The molecule has 1 aliphatic rings. The lowest BCUT2D eigenvalue weighted by molar-refractivity contribution is 0.527. The molecule has 4 nitrogen and oxygen atoms in total. The first-order chi connectivity index (χ1) is 8.98. The van der Waals surface area contributed by atoms with E-state index in [9.17, 15) is 8.42 Å². The number of nitrogens with one attached hydrogen (secondary N) is 1. The molecule has 3 N–H and O–H groups in total. The SMILES string of the molecule is CS(=O)(=O)c1ccccc1NC1CCCCCC1N. The molecule has 1 aromatic carbocycles. The van der Waals surface area contributed by atoms with Crippen molar-refractivity contribution in [2.75, 3.05) is 11.6 Å². The van der Waals surface area contributed by atoms with Gasteiger partial charge in [-0.1, -0.05) is 31.4 Å². The van der Waals surface area contributed by atoms with Gasteiger partial charge in [-0.2, -0.15) is 0 Å². The summed E-state index contributed by atoms with van der Waals surface area (Å²) in [6.07, 6.45) is 6.75. The van der Waals surface area contributed by atoms with E-state index in [1.165, 1.54) is 12.7 Å². The maximum Gasteiger partial charge on any atom is 0.177 e. The Labute approximate surface area is 115 Å². The van der Waals surface area contributed by atoms with E-state index < -0.39 is 9.84 Å². The molecular formula is C14H22N2O2S. The van der Waals surface area contributed by atoms with Crippen molar-refractivity contribution in [2.24, 2.45) is 5.73 Å². The molecule has 0 spiro atoms. The summed E-state index contributed by atoms with van der Waals surface area (Å²) in [4.78, 5) is 0.353. The summed E-state index contributed by atoms with van der Waals surface area (Å²) in [5.41, 5.74) is 6.85. The first-order valence-electron chi connectivity index (χ1n) is 6.79. The number of rotatable bonds is 3. The van der Waals surface area contributed by atoms with E-state index >= 15 is 0 Å². The molecule has 1 aliphatic carbocycles. The summed E-state index contributed by atoms with van der Waals surface area (Å²) in [5.74, 6) is 0. The molecule has 0 bridgehead atoms. The maximum absolute atomic E-state index is 11.8. The Kier molecular flexibility index (Phi) is 4.47. The van der Waals surface area contributed by atoms with Crippen LogP contribution in [0.2, 0.25) is 0 Å². The van der Waals surface area contributed by atoms with Crippen molar-refractivity contribution in [3.8, 4) is 0 Å². The van der Waals surface area contributed by atoms with Gasteiger partial charge >= 0.3 is 0 Å². The Morgan fingerprint density at radius 1 is 1.16 bits per heavy atom. The van der Waals surface area contributed by atoms with Crippen LogP contribution in [0, 0.1) is 0 Å². The molecule has 0 aromatic heterocycles. The molecule has 0 saturated heterocycles. The Balaban J connectivity index is 2.23. The zero-order valence-corrected chi connectivity index (χ0v) is 12.1. The maximum atomic E-state index is 11.8. The summed E-state index contributed by atoms with van der Waals surface area (Å²) in [6, 6.07) is 7.29. The van der Waals surface area contributed by atoms with Crippen molar-refractivity contribution in [2.45, 2.75) is 49.1 Å². The fourth-order valence-corrected chi connectivity index (χ4v) is 3.48. The fraction of sp³-hybridized carbons (Fsp3) is 0.571. The highest BCUT2D eigenvalue weighted by Crippen LogP contribution is 2.25. The van der Waals surface area contributed by atoms with Gasteiger partial charge in [-0.05, 0) is 25.0 Å². The molecule has 2 rings (SSSR count). The minimum absolute atomic E-state index is 0.0927. The van der Waals surface area contributed by atoms with Gasteiger partial charge in [0.1, 0.15) is 0 Å². The van der Waals surface area contributed by atoms with Gasteiger partial charge in [0, 0.05) is 18.3 Å². The molecule has 1 fully saturated rings. The van der Waals surface area contributed by atoms with Gasteiger partial charge in [0.25, 0.3) is 0 Å². The predicted molar refractivity (Wildman–Crippen MR) is 78.0 cm³/mol. The van der Waals surface area contributed by atoms with Crippen LogP contribution in [-0.2, 0) is 9.84 Å². The van der Waals surface area contributed by atoms with E-state index in [1.54, 1.807) is 12.1 Å². The number of benzene rings is 1.